The smallest absolute Gasteiger partial charge is 0.220 e. The Morgan fingerprint density at radius 2 is 0.830 bits per heavy atom. The first-order chi connectivity index (χ1) is 23.2. The summed E-state index contributed by atoms with van der Waals surface area (Å²) in [6.45, 7) is 4.29. The quantitative estimate of drug-likeness (QED) is 0.0459. The number of rotatable bonds is 37. The van der Waals surface area contributed by atoms with Crippen LogP contribution in [0.25, 0.3) is 0 Å². The van der Waals surface area contributed by atoms with Crippen molar-refractivity contribution in [2.24, 2.45) is 0 Å². The highest BCUT2D eigenvalue weighted by Gasteiger charge is 2.17. The van der Waals surface area contributed by atoms with E-state index in [1.54, 1.807) is 6.08 Å². The zero-order chi connectivity index (χ0) is 34.3. The number of allylic oxidation sites excluding steroid dienone is 5. The Balaban J connectivity index is 3.64. The molecule has 0 spiro atoms. The van der Waals surface area contributed by atoms with Crippen molar-refractivity contribution in [1.82, 2.24) is 5.32 Å². The Labute approximate surface area is 293 Å². The van der Waals surface area contributed by atoms with E-state index in [2.05, 4.69) is 43.5 Å². The molecule has 2 unspecified atom stereocenters. The third-order valence-corrected chi connectivity index (χ3v) is 9.35. The SMILES string of the molecule is CCCCCCCCCCC/C=C\CCCCCCCC(=O)NC(CO)C(O)/C=C/CC/C=C/CCCCCCCCCCCCC. The zero-order valence-electron chi connectivity index (χ0n) is 31.5. The van der Waals surface area contributed by atoms with E-state index in [0.717, 1.165) is 44.9 Å². The lowest BCUT2D eigenvalue weighted by Crippen LogP contribution is -2.45. The molecular weight excluding hydrogens is 578 g/mol. The number of hydrogen-bond donors (Lipinski definition) is 3. The number of hydrogen-bond acceptors (Lipinski definition) is 3. The molecule has 47 heavy (non-hydrogen) atoms. The van der Waals surface area contributed by atoms with Gasteiger partial charge in [0.15, 0.2) is 0 Å². The van der Waals surface area contributed by atoms with Gasteiger partial charge in [0.05, 0.1) is 18.8 Å². The second-order valence-electron chi connectivity index (χ2n) is 14.0. The summed E-state index contributed by atoms with van der Waals surface area (Å²) in [5.74, 6) is -0.0822. The molecular formula is C43H81NO3. The number of aliphatic hydroxyl groups is 2. The van der Waals surface area contributed by atoms with Gasteiger partial charge in [-0.05, 0) is 57.8 Å². The Hall–Kier alpha value is -1.39. The van der Waals surface area contributed by atoms with Crippen molar-refractivity contribution in [2.45, 2.75) is 225 Å². The highest BCUT2D eigenvalue weighted by Crippen LogP contribution is 2.14. The normalized spacial score (nSPS) is 13.4. The molecule has 4 heteroatoms. The standard InChI is InChI=1S/C43H81NO3/c1-3-5-7-9-11-13-15-17-19-21-23-25-27-29-31-33-35-37-39-43(47)44-41(40-45)42(46)38-36-34-32-30-28-26-24-22-20-18-16-14-12-10-8-6-4-2/h23,25,28,30,36,38,41-42,45-46H,3-22,24,26-27,29,31-35,37,39-40H2,1-2H3,(H,44,47)/b25-23-,30-28+,38-36+. The van der Waals surface area contributed by atoms with Gasteiger partial charge >= 0.3 is 0 Å². The highest BCUT2D eigenvalue weighted by molar-refractivity contribution is 5.76. The van der Waals surface area contributed by atoms with Crippen LogP contribution in [0.15, 0.2) is 36.5 Å². The molecule has 0 aromatic carbocycles. The van der Waals surface area contributed by atoms with Crippen molar-refractivity contribution in [3.05, 3.63) is 36.5 Å². The minimum atomic E-state index is -0.863. The average molecular weight is 660 g/mol. The molecule has 0 aromatic rings. The van der Waals surface area contributed by atoms with Crippen molar-refractivity contribution >= 4 is 5.91 Å². The van der Waals surface area contributed by atoms with E-state index in [9.17, 15) is 15.0 Å². The van der Waals surface area contributed by atoms with Gasteiger partial charge in [0, 0.05) is 6.42 Å². The largest absolute Gasteiger partial charge is 0.394 e. The zero-order valence-corrected chi connectivity index (χ0v) is 31.5. The summed E-state index contributed by atoms with van der Waals surface area (Å²) in [5, 5.41) is 22.9. The van der Waals surface area contributed by atoms with Crippen LogP contribution in [0.3, 0.4) is 0 Å². The van der Waals surface area contributed by atoms with Crippen LogP contribution in [0.1, 0.15) is 213 Å². The van der Waals surface area contributed by atoms with Gasteiger partial charge in [0.25, 0.3) is 0 Å². The lowest BCUT2D eigenvalue weighted by Gasteiger charge is -2.19. The number of carbonyl (C=O) groups is 1. The third-order valence-electron chi connectivity index (χ3n) is 9.35. The lowest BCUT2D eigenvalue weighted by molar-refractivity contribution is -0.123. The number of unbranched alkanes of at least 4 members (excludes halogenated alkanes) is 26. The summed E-state index contributed by atoms with van der Waals surface area (Å²) in [4.78, 5) is 12.3. The van der Waals surface area contributed by atoms with Gasteiger partial charge in [-0.1, -0.05) is 185 Å². The van der Waals surface area contributed by atoms with E-state index >= 15 is 0 Å². The topological polar surface area (TPSA) is 69.6 Å². The fourth-order valence-corrected chi connectivity index (χ4v) is 6.13. The van der Waals surface area contributed by atoms with E-state index in [1.165, 1.54) is 148 Å². The van der Waals surface area contributed by atoms with E-state index in [-0.39, 0.29) is 12.5 Å². The lowest BCUT2D eigenvalue weighted by atomic mass is 10.1. The minimum Gasteiger partial charge on any atom is -0.394 e. The van der Waals surface area contributed by atoms with E-state index in [1.807, 2.05) is 6.08 Å². The molecule has 0 saturated carbocycles. The van der Waals surface area contributed by atoms with E-state index in [0.29, 0.717) is 6.42 Å². The fourth-order valence-electron chi connectivity index (χ4n) is 6.13. The predicted molar refractivity (Wildman–Crippen MR) is 207 cm³/mol. The average Bonchev–Trinajstić information content (AvgIpc) is 3.07. The molecule has 0 aliphatic rings. The first kappa shape index (κ1) is 45.6. The van der Waals surface area contributed by atoms with Crippen molar-refractivity contribution in [3.63, 3.8) is 0 Å². The summed E-state index contributed by atoms with van der Waals surface area (Å²) in [7, 11) is 0. The summed E-state index contributed by atoms with van der Waals surface area (Å²) in [6, 6.07) is -0.641. The van der Waals surface area contributed by atoms with Gasteiger partial charge in [0.2, 0.25) is 5.91 Å². The molecule has 0 rings (SSSR count). The van der Waals surface area contributed by atoms with Crippen LogP contribution in [0, 0.1) is 0 Å². The van der Waals surface area contributed by atoms with Crippen LogP contribution in [-0.4, -0.2) is 34.9 Å². The van der Waals surface area contributed by atoms with Crippen molar-refractivity contribution in [1.29, 1.82) is 0 Å². The summed E-state index contributed by atoms with van der Waals surface area (Å²) in [6.07, 6.45) is 51.0. The predicted octanol–water partition coefficient (Wildman–Crippen LogP) is 12.6. The van der Waals surface area contributed by atoms with E-state index in [4.69, 9.17) is 0 Å². The van der Waals surface area contributed by atoms with Crippen molar-refractivity contribution in [3.8, 4) is 0 Å². The first-order valence-electron chi connectivity index (χ1n) is 20.7. The Morgan fingerprint density at radius 1 is 0.489 bits per heavy atom. The maximum atomic E-state index is 12.3. The molecule has 0 saturated heterocycles. The van der Waals surface area contributed by atoms with Gasteiger partial charge < -0.3 is 15.5 Å². The molecule has 276 valence electrons. The first-order valence-corrected chi connectivity index (χ1v) is 20.7. The van der Waals surface area contributed by atoms with Crippen LogP contribution >= 0.6 is 0 Å². The Morgan fingerprint density at radius 3 is 1.23 bits per heavy atom. The molecule has 1 amide bonds. The van der Waals surface area contributed by atoms with Gasteiger partial charge in [-0.15, -0.1) is 0 Å². The van der Waals surface area contributed by atoms with Crippen LogP contribution in [0.4, 0.5) is 0 Å². The summed E-state index contributed by atoms with van der Waals surface area (Å²) >= 11 is 0. The maximum Gasteiger partial charge on any atom is 0.220 e. The van der Waals surface area contributed by atoms with E-state index < -0.39 is 12.1 Å². The molecule has 2 atom stereocenters. The van der Waals surface area contributed by atoms with Crippen LogP contribution in [0.5, 0.6) is 0 Å². The second kappa shape index (κ2) is 39.1. The molecule has 0 aromatic heterocycles. The van der Waals surface area contributed by atoms with Crippen molar-refractivity contribution in [2.75, 3.05) is 6.61 Å². The second-order valence-corrected chi connectivity index (χ2v) is 14.0. The Bertz CT molecular complexity index is 716. The van der Waals surface area contributed by atoms with Crippen LogP contribution in [0.2, 0.25) is 0 Å². The molecule has 0 fully saturated rings. The summed E-state index contributed by atoms with van der Waals surface area (Å²) < 4.78 is 0. The molecule has 3 N–H and O–H groups in total. The maximum absolute atomic E-state index is 12.3. The number of carbonyl (C=O) groups excluding carboxylic acids is 1. The Kier molecular flexibility index (Phi) is 37.9. The molecule has 0 heterocycles. The minimum absolute atomic E-state index is 0.0822. The van der Waals surface area contributed by atoms with Crippen LogP contribution in [-0.2, 0) is 4.79 Å². The molecule has 0 radical (unpaired) electrons. The van der Waals surface area contributed by atoms with Gasteiger partial charge in [-0.25, -0.2) is 0 Å². The molecule has 0 aliphatic carbocycles. The summed E-state index contributed by atoms with van der Waals surface area (Å²) in [5.41, 5.74) is 0. The molecule has 4 nitrogen and oxygen atoms in total. The monoisotopic (exact) mass is 660 g/mol. The molecule has 0 aliphatic heterocycles. The number of nitrogens with one attached hydrogen (secondary N) is 1. The van der Waals surface area contributed by atoms with Crippen LogP contribution < -0.4 is 5.32 Å². The number of aliphatic hydroxyl groups excluding tert-OH is 2. The third kappa shape index (κ3) is 35.7. The van der Waals surface area contributed by atoms with Gasteiger partial charge in [-0.3, -0.25) is 4.79 Å². The highest BCUT2D eigenvalue weighted by atomic mass is 16.3. The van der Waals surface area contributed by atoms with Gasteiger partial charge in [-0.2, -0.15) is 0 Å². The number of amides is 1. The molecule has 0 bridgehead atoms. The fraction of sp³-hybridized carbons (Fsp3) is 0.837. The van der Waals surface area contributed by atoms with Crippen molar-refractivity contribution < 1.29 is 15.0 Å². The van der Waals surface area contributed by atoms with Gasteiger partial charge in [0.1, 0.15) is 0 Å².